The molecule has 3 rings (SSSR count). The first-order chi connectivity index (χ1) is 9.89. The van der Waals surface area contributed by atoms with Gasteiger partial charge in [0.25, 0.3) is 0 Å². The summed E-state index contributed by atoms with van der Waals surface area (Å²) in [6, 6.07) is 4.66. The fourth-order valence-corrected chi connectivity index (χ4v) is 5.56. The maximum absolute atomic E-state index is 12.8. The lowest BCUT2D eigenvalue weighted by molar-refractivity contribution is 0.445. The molecular formula is C14H17ClN2O2S2. The van der Waals surface area contributed by atoms with Crippen LogP contribution in [0.1, 0.15) is 24.8 Å². The van der Waals surface area contributed by atoms with E-state index in [1.165, 1.54) is 12.5 Å². The van der Waals surface area contributed by atoms with Crippen LogP contribution in [0, 0.1) is 11.8 Å². The predicted octanol–water partition coefficient (Wildman–Crippen LogP) is 2.39. The molecule has 7 heteroatoms. The molecule has 21 heavy (non-hydrogen) atoms. The highest BCUT2D eigenvalue weighted by atomic mass is 35.5. The van der Waals surface area contributed by atoms with E-state index in [1.807, 2.05) is 0 Å². The Labute approximate surface area is 135 Å². The van der Waals surface area contributed by atoms with Crippen LogP contribution in [0.25, 0.3) is 0 Å². The second-order valence-corrected chi connectivity index (χ2v) is 8.54. The molecule has 0 bridgehead atoms. The first kappa shape index (κ1) is 15.2. The van der Waals surface area contributed by atoms with Gasteiger partial charge in [0.15, 0.2) is 0 Å². The minimum Gasteiger partial charge on any atom is -0.389 e. The predicted molar refractivity (Wildman–Crippen MR) is 86.9 cm³/mol. The number of nitrogens with zero attached hydrogens (tertiary/aromatic N) is 1. The number of halogens is 1. The van der Waals surface area contributed by atoms with Crippen LogP contribution in [0.5, 0.6) is 0 Å². The lowest BCUT2D eigenvalue weighted by atomic mass is 10.0. The molecule has 4 nitrogen and oxygen atoms in total. The highest BCUT2D eigenvalue weighted by molar-refractivity contribution is 7.89. The maximum Gasteiger partial charge on any atom is 0.244 e. The molecule has 1 saturated carbocycles. The van der Waals surface area contributed by atoms with Gasteiger partial charge in [0.05, 0.1) is 5.02 Å². The Kier molecular flexibility index (Phi) is 3.98. The van der Waals surface area contributed by atoms with Crippen molar-refractivity contribution in [2.24, 2.45) is 17.6 Å². The SMILES string of the molecule is NC(=S)c1ccc(Cl)c(S(=O)(=O)N2CC3CCCC3C2)c1. The lowest BCUT2D eigenvalue weighted by Crippen LogP contribution is -2.30. The van der Waals surface area contributed by atoms with Crippen LogP contribution in [0.2, 0.25) is 5.02 Å². The minimum atomic E-state index is -3.58. The van der Waals surface area contributed by atoms with Crippen LogP contribution in [0.15, 0.2) is 23.1 Å². The van der Waals surface area contributed by atoms with E-state index < -0.39 is 10.0 Å². The van der Waals surface area contributed by atoms with Crippen LogP contribution < -0.4 is 5.73 Å². The van der Waals surface area contributed by atoms with E-state index in [2.05, 4.69) is 0 Å². The molecule has 1 aromatic carbocycles. The molecule has 1 aliphatic carbocycles. The Bertz CT molecular complexity index is 678. The second-order valence-electron chi connectivity index (χ2n) is 5.78. The molecule has 2 N–H and O–H groups in total. The lowest BCUT2D eigenvalue weighted by Gasteiger charge is -2.18. The molecule has 114 valence electrons. The molecule has 2 unspecified atom stereocenters. The molecule has 1 aromatic rings. The Balaban J connectivity index is 1.95. The van der Waals surface area contributed by atoms with Gasteiger partial charge in [-0.2, -0.15) is 4.31 Å². The summed E-state index contributed by atoms with van der Waals surface area (Å²) in [6.07, 6.45) is 3.45. The van der Waals surface area contributed by atoms with Gasteiger partial charge in [-0.3, -0.25) is 0 Å². The van der Waals surface area contributed by atoms with Gasteiger partial charge in [0, 0.05) is 18.7 Å². The van der Waals surface area contributed by atoms with Crippen molar-refractivity contribution in [1.29, 1.82) is 0 Å². The third-order valence-corrected chi connectivity index (χ3v) is 7.08. The molecule has 2 aliphatic rings. The largest absolute Gasteiger partial charge is 0.389 e. The minimum absolute atomic E-state index is 0.106. The number of nitrogens with two attached hydrogens (primary N) is 1. The molecule has 1 saturated heterocycles. The molecule has 0 amide bonds. The quantitative estimate of drug-likeness (QED) is 0.855. The zero-order valence-electron chi connectivity index (χ0n) is 11.5. The van der Waals surface area contributed by atoms with E-state index in [4.69, 9.17) is 29.6 Å². The van der Waals surface area contributed by atoms with E-state index in [-0.39, 0.29) is 14.9 Å². The second kappa shape index (κ2) is 5.50. The van der Waals surface area contributed by atoms with Gasteiger partial charge < -0.3 is 5.73 Å². The monoisotopic (exact) mass is 344 g/mol. The summed E-state index contributed by atoms with van der Waals surface area (Å²) in [7, 11) is -3.58. The zero-order chi connectivity index (χ0) is 15.2. The highest BCUT2D eigenvalue weighted by Crippen LogP contribution is 2.40. The van der Waals surface area contributed by atoms with E-state index in [9.17, 15) is 8.42 Å². The van der Waals surface area contributed by atoms with Crippen molar-refractivity contribution in [1.82, 2.24) is 4.31 Å². The zero-order valence-corrected chi connectivity index (χ0v) is 13.8. The Morgan fingerprint density at radius 1 is 1.29 bits per heavy atom. The third kappa shape index (κ3) is 2.70. The van der Waals surface area contributed by atoms with Crippen molar-refractivity contribution in [2.75, 3.05) is 13.1 Å². The summed E-state index contributed by atoms with van der Waals surface area (Å²) in [5.74, 6) is 0.995. The first-order valence-corrected chi connectivity index (χ1v) is 9.21. The van der Waals surface area contributed by atoms with Crippen LogP contribution in [-0.4, -0.2) is 30.8 Å². The number of rotatable bonds is 3. The van der Waals surface area contributed by atoms with E-state index >= 15 is 0 Å². The van der Waals surface area contributed by atoms with Crippen LogP contribution >= 0.6 is 23.8 Å². The Morgan fingerprint density at radius 2 is 1.90 bits per heavy atom. The topological polar surface area (TPSA) is 63.4 Å². The fourth-order valence-electron chi connectivity index (χ4n) is 3.38. The van der Waals surface area contributed by atoms with Gasteiger partial charge >= 0.3 is 0 Å². The smallest absolute Gasteiger partial charge is 0.244 e. The number of fused-ring (bicyclic) bond motifs is 1. The van der Waals surface area contributed by atoms with Crippen LogP contribution in [0.4, 0.5) is 0 Å². The van der Waals surface area contributed by atoms with Gasteiger partial charge in [-0.05, 0) is 36.8 Å². The summed E-state index contributed by atoms with van der Waals surface area (Å²) < 4.78 is 27.2. The van der Waals surface area contributed by atoms with Crippen molar-refractivity contribution >= 4 is 38.8 Å². The summed E-state index contributed by atoms with van der Waals surface area (Å²) in [4.78, 5) is 0.274. The third-order valence-electron chi connectivity index (χ3n) is 4.53. The van der Waals surface area contributed by atoms with Crippen molar-refractivity contribution in [3.8, 4) is 0 Å². The van der Waals surface area contributed by atoms with E-state index in [1.54, 1.807) is 16.4 Å². The summed E-state index contributed by atoms with van der Waals surface area (Å²) >= 11 is 11.0. The molecular weight excluding hydrogens is 328 g/mol. The number of hydrogen-bond acceptors (Lipinski definition) is 3. The maximum atomic E-state index is 12.8. The van der Waals surface area contributed by atoms with Gasteiger partial charge in [0.1, 0.15) is 9.88 Å². The van der Waals surface area contributed by atoms with Crippen molar-refractivity contribution in [3.05, 3.63) is 28.8 Å². The molecule has 0 spiro atoms. The van der Waals surface area contributed by atoms with Crippen molar-refractivity contribution in [3.63, 3.8) is 0 Å². The molecule has 1 heterocycles. The molecule has 0 radical (unpaired) electrons. The van der Waals surface area contributed by atoms with Crippen molar-refractivity contribution < 1.29 is 8.42 Å². The van der Waals surface area contributed by atoms with Gasteiger partial charge in [-0.1, -0.05) is 36.3 Å². The van der Waals surface area contributed by atoms with E-state index in [0.29, 0.717) is 30.5 Å². The van der Waals surface area contributed by atoms with Crippen LogP contribution in [0.3, 0.4) is 0 Å². The molecule has 2 atom stereocenters. The average molecular weight is 345 g/mol. The van der Waals surface area contributed by atoms with Gasteiger partial charge in [-0.15, -0.1) is 0 Å². The van der Waals surface area contributed by atoms with Crippen LogP contribution in [-0.2, 0) is 10.0 Å². The van der Waals surface area contributed by atoms with Gasteiger partial charge in [0.2, 0.25) is 10.0 Å². The first-order valence-electron chi connectivity index (χ1n) is 6.99. The van der Waals surface area contributed by atoms with Crippen molar-refractivity contribution in [2.45, 2.75) is 24.2 Å². The molecule has 1 aliphatic heterocycles. The van der Waals surface area contributed by atoms with Gasteiger partial charge in [-0.25, -0.2) is 8.42 Å². The number of benzene rings is 1. The highest BCUT2D eigenvalue weighted by Gasteiger charge is 2.41. The van der Waals surface area contributed by atoms with E-state index in [0.717, 1.165) is 12.8 Å². The Hall–Kier alpha value is -0.690. The standard InChI is InChI=1S/C14H17ClN2O2S2/c15-12-5-4-9(14(16)20)6-13(12)21(18,19)17-7-10-2-1-3-11(10)8-17/h4-6,10-11H,1-3,7-8H2,(H2,16,20). The average Bonchev–Trinajstić information content (AvgIpc) is 2.99. The fraction of sp³-hybridized carbons (Fsp3) is 0.500. The number of hydrogen-bond donors (Lipinski definition) is 1. The summed E-state index contributed by atoms with van der Waals surface area (Å²) in [5.41, 5.74) is 6.10. The number of thiocarbonyl (C=S) groups is 1. The summed E-state index contributed by atoms with van der Waals surface area (Å²) in [6.45, 7) is 1.20. The summed E-state index contributed by atoms with van der Waals surface area (Å²) in [5, 5.41) is 0.215. The number of sulfonamides is 1. The normalized spacial score (nSPS) is 26.0. The molecule has 0 aromatic heterocycles. The molecule has 2 fully saturated rings. The Morgan fingerprint density at radius 3 is 2.48 bits per heavy atom.